The normalized spacial score (nSPS) is 13.6. The van der Waals surface area contributed by atoms with E-state index < -0.39 is 58.1 Å². The van der Waals surface area contributed by atoms with Crippen molar-refractivity contribution in [2.24, 2.45) is 0 Å². The van der Waals surface area contributed by atoms with E-state index in [1.165, 1.54) is 22.6 Å². The summed E-state index contributed by atoms with van der Waals surface area (Å²) in [4.78, 5) is 68.7. The third-order valence-electron chi connectivity index (χ3n) is 3.61. The number of carbonyl (C=O) groups excluding carboxylic acids is 3. The molecule has 0 fully saturated rings. The van der Waals surface area contributed by atoms with Crippen LogP contribution in [0.15, 0.2) is 0 Å². The van der Waals surface area contributed by atoms with Crippen molar-refractivity contribution >= 4 is 79.0 Å². The van der Waals surface area contributed by atoms with Crippen LogP contribution in [0.25, 0.3) is 0 Å². The number of aliphatic carboxylic acids is 3. The van der Waals surface area contributed by atoms with E-state index in [9.17, 15) is 28.8 Å². The summed E-state index contributed by atoms with van der Waals surface area (Å²) < 4.78 is 2.06. The largest absolute Gasteiger partial charge is 0.481 e. The maximum absolute atomic E-state index is 12.5. The molecule has 12 nitrogen and oxygen atoms in total. The standard InChI is InChI=1S/C15H21I2N3O9/c16-13(27)7(1-4-10(21)22)18-14(28)8(2-5-11(23)24)19-15(29)9(20-17)3-6-12(25)26/h7-9,20H,1-6H2,(H,18,28)(H,19,29)(H,21,22)(H,23,24)(H,25,26). The van der Waals surface area contributed by atoms with Gasteiger partial charge in [0.2, 0.25) is 15.6 Å². The molecule has 0 spiro atoms. The molecule has 14 heteroatoms. The zero-order valence-electron chi connectivity index (χ0n) is 15.0. The van der Waals surface area contributed by atoms with E-state index in [0.717, 1.165) is 0 Å². The van der Waals surface area contributed by atoms with Gasteiger partial charge < -0.3 is 26.0 Å². The second kappa shape index (κ2) is 14.4. The second-order valence-electron chi connectivity index (χ2n) is 5.89. The van der Waals surface area contributed by atoms with Crippen molar-refractivity contribution < 1.29 is 44.1 Å². The zero-order valence-corrected chi connectivity index (χ0v) is 19.3. The molecule has 0 heterocycles. The van der Waals surface area contributed by atoms with Crippen molar-refractivity contribution in [3.63, 3.8) is 0 Å². The first kappa shape index (κ1) is 27.4. The highest BCUT2D eigenvalue weighted by atomic mass is 127. The summed E-state index contributed by atoms with van der Waals surface area (Å²) in [7, 11) is 0. The molecule has 164 valence electrons. The molecule has 3 atom stereocenters. The summed E-state index contributed by atoms with van der Waals surface area (Å²) in [6, 6.07) is -3.37. The fourth-order valence-corrected chi connectivity index (χ4v) is 3.16. The van der Waals surface area contributed by atoms with Crippen molar-refractivity contribution in [2.75, 3.05) is 0 Å². The van der Waals surface area contributed by atoms with Crippen LogP contribution < -0.4 is 14.2 Å². The first-order valence-electron chi connectivity index (χ1n) is 8.29. The summed E-state index contributed by atoms with van der Waals surface area (Å²) in [5.41, 5.74) is 0. The Morgan fingerprint density at radius 3 is 1.38 bits per heavy atom. The fraction of sp³-hybridized carbons (Fsp3) is 0.600. The van der Waals surface area contributed by atoms with Crippen LogP contribution in [-0.2, 0) is 28.8 Å². The summed E-state index contributed by atoms with van der Waals surface area (Å²) in [6.07, 6.45) is -1.64. The van der Waals surface area contributed by atoms with Gasteiger partial charge in [0, 0.05) is 64.7 Å². The molecule has 0 aliphatic carbocycles. The van der Waals surface area contributed by atoms with E-state index >= 15 is 0 Å². The van der Waals surface area contributed by atoms with Gasteiger partial charge in [0.05, 0.1) is 12.1 Å². The molecule has 2 amide bonds. The third kappa shape index (κ3) is 12.6. The Balaban J connectivity index is 5.20. The van der Waals surface area contributed by atoms with Crippen molar-refractivity contribution in [3.05, 3.63) is 0 Å². The van der Waals surface area contributed by atoms with Gasteiger partial charge in [0.25, 0.3) is 0 Å². The van der Waals surface area contributed by atoms with Crippen LogP contribution >= 0.6 is 45.5 Å². The number of hydrogen-bond donors (Lipinski definition) is 6. The zero-order chi connectivity index (χ0) is 22.6. The summed E-state index contributed by atoms with van der Waals surface area (Å²) in [5.74, 6) is -5.04. The second-order valence-corrected chi connectivity index (χ2v) is 7.57. The van der Waals surface area contributed by atoms with Crippen LogP contribution in [0.4, 0.5) is 0 Å². The van der Waals surface area contributed by atoms with E-state index in [0.29, 0.717) is 0 Å². The van der Waals surface area contributed by atoms with Crippen molar-refractivity contribution in [1.29, 1.82) is 0 Å². The van der Waals surface area contributed by atoms with Crippen LogP contribution in [0.1, 0.15) is 38.5 Å². The molecule has 29 heavy (non-hydrogen) atoms. The third-order valence-corrected chi connectivity index (χ3v) is 5.12. The molecule has 0 aliphatic rings. The van der Waals surface area contributed by atoms with Gasteiger partial charge in [-0.05, 0) is 19.3 Å². The molecule has 0 saturated heterocycles. The molecule has 0 bridgehead atoms. The Hall–Kier alpha value is -1.56. The molecule has 3 unspecified atom stereocenters. The van der Waals surface area contributed by atoms with Crippen molar-refractivity contribution in [1.82, 2.24) is 14.2 Å². The van der Waals surface area contributed by atoms with Crippen molar-refractivity contribution in [3.8, 4) is 0 Å². The molecule has 0 aromatic rings. The van der Waals surface area contributed by atoms with E-state index in [1.807, 2.05) is 0 Å². The summed E-state index contributed by atoms with van der Waals surface area (Å²) >= 11 is 3.06. The molecular formula is C15H21I2N3O9. The number of carboxylic acids is 3. The Morgan fingerprint density at radius 2 is 1.00 bits per heavy atom. The van der Waals surface area contributed by atoms with Gasteiger partial charge in [-0.25, -0.2) is 3.53 Å². The Morgan fingerprint density at radius 1 is 0.655 bits per heavy atom. The predicted octanol–water partition coefficient (Wildman–Crippen LogP) is -0.180. The summed E-state index contributed by atoms with van der Waals surface area (Å²) in [5, 5.41) is 31.0. The smallest absolute Gasteiger partial charge is 0.303 e. The lowest BCUT2D eigenvalue weighted by molar-refractivity contribution is -0.139. The fourth-order valence-electron chi connectivity index (χ4n) is 2.09. The van der Waals surface area contributed by atoms with Crippen LogP contribution in [0.5, 0.6) is 0 Å². The monoisotopic (exact) mass is 641 g/mol. The van der Waals surface area contributed by atoms with Gasteiger partial charge in [-0.15, -0.1) is 0 Å². The van der Waals surface area contributed by atoms with Gasteiger partial charge >= 0.3 is 17.9 Å². The SMILES string of the molecule is O=C(O)CCC(NC(=O)C(CCC(=O)O)NC(=O)C(CCC(=O)O)NI)C(=O)I. The number of rotatable bonds is 15. The lowest BCUT2D eigenvalue weighted by atomic mass is 10.1. The Kier molecular flexibility index (Phi) is 13.7. The van der Waals surface area contributed by atoms with E-state index in [-0.39, 0.29) is 32.1 Å². The lowest BCUT2D eigenvalue weighted by Gasteiger charge is -2.23. The van der Waals surface area contributed by atoms with Crippen molar-refractivity contribution in [2.45, 2.75) is 56.7 Å². The van der Waals surface area contributed by atoms with Gasteiger partial charge in [-0.1, -0.05) is 0 Å². The minimum atomic E-state index is -1.31. The molecule has 0 aromatic carbocycles. The predicted molar refractivity (Wildman–Crippen MR) is 114 cm³/mol. The van der Waals surface area contributed by atoms with Gasteiger partial charge in [-0.3, -0.25) is 28.8 Å². The average Bonchev–Trinajstić information content (AvgIpc) is 2.61. The Bertz CT molecular complexity index is 645. The van der Waals surface area contributed by atoms with E-state index in [1.54, 1.807) is 22.9 Å². The molecule has 0 rings (SSSR count). The molecule has 0 saturated carbocycles. The minimum Gasteiger partial charge on any atom is -0.481 e. The summed E-state index contributed by atoms with van der Waals surface area (Å²) in [6.45, 7) is 0. The number of nitrogens with one attached hydrogen (secondary N) is 3. The van der Waals surface area contributed by atoms with Gasteiger partial charge in [-0.2, -0.15) is 0 Å². The van der Waals surface area contributed by atoms with Crippen LogP contribution in [0, 0.1) is 0 Å². The first-order valence-corrected chi connectivity index (χ1v) is 10.4. The number of carboxylic acid groups (broad SMARTS) is 3. The molecule has 0 aromatic heterocycles. The number of halogens is 2. The first-order chi connectivity index (χ1) is 13.5. The molecule has 6 N–H and O–H groups in total. The molecule has 0 aliphatic heterocycles. The van der Waals surface area contributed by atoms with E-state index in [4.69, 9.17) is 15.3 Å². The van der Waals surface area contributed by atoms with Gasteiger partial charge in [0.15, 0.2) is 0 Å². The number of hydrogen-bond acceptors (Lipinski definition) is 7. The topological polar surface area (TPSA) is 199 Å². The maximum atomic E-state index is 12.5. The highest BCUT2D eigenvalue weighted by molar-refractivity contribution is 14.1. The quantitative estimate of drug-likeness (QED) is 0.0793. The van der Waals surface area contributed by atoms with Crippen LogP contribution in [0.3, 0.4) is 0 Å². The number of amides is 2. The maximum Gasteiger partial charge on any atom is 0.303 e. The Labute approximate surface area is 193 Å². The molecule has 0 radical (unpaired) electrons. The van der Waals surface area contributed by atoms with Gasteiger partial charge in [0.1, 0.15) is 6.04 Å². The minimum absolute atomic E-state index is 0.0646. The average molecular weight is 641 g/mol. The lowest BCUT2D eigenvalue weighted by Crippen LogP contribution is -2.54. The van der Waals surface area contributed by atoms with E-state index in [2.05, 4.69) is 14.2 Å². The van der Waals surface area contributed by atoms with Crippen LogP contribution in [-0.4, -0.2) is 67.0 Å². The number of carbonyl (C=O) groups is 6. The van der Waals surface area contributed by atoms with Crippen LogP contribution in [0.2, 0.25) is 0 Å². The highest BCUT2D eigenvalue weighted by Gasteiger charge is 2.29. The molecular weight excluding hydrogens is 620 g/mol. The highest BCUT2D eigenvalue weighted by Crippen LogP contribution is 2.08.